The molecule has 0 rings (SSSR count). The van der Waals surface area contributed by atoms with Gasteiger partial charge in [0.05, 0.1) is 0 Å². The van der Waals surface area contributed by atoms with E-state index in [1.54, 1.807) is 7.11 Å². The van der Waals surface area contributed by atoms with E-state index in [0.717, 1.165) is 31.9 Å². The van der Waals surface area contributed by atoms with Crippen LogP contribution in [-0.2, 0) is 4.74 Å². The Kier molecular flexibility index (Phi) is 6.82. The smallest absolute Gasteiger partial charge is 0.0474 e. The Balaban J connectivity index is 3.55. The third-order valence-electron chi connectivity index (χ3n) is 2.01. The summed E-state index contributed by atoms with van der Waals surface area (Å²) in [6.45, 7) is 7.54. The summed E-state index contributed by atoms with van der Waals surface area (Å²) in [5.74, 6) is 0.932. The topological polar surface area (TPSA) is 12.5 Å². The van der Waals surface area contributed by atoms with Crippen molar-refractivity contribution in [3.63, 3.8) is 0 Å². The molecule has 0 atom stereocenters. The molecule has 0 aliphatic rings. The largest absolute Gasteiger partial charge is 0.385 e. The van der Waals surface area contributed by atoms with Crippen molar-refractivity contribution in [1.29, 1.82) is 0 Å². The average Bonchev–Trinajstić information content (AvgIpc) is 2.04. The molecule has 80 valence electrons. The molecule has 0 spiro atoms. The van der Waals surface area contributed by atoms with Crippen molar-refractivity contribution in [3.05, 3.63) is 0 Å². The third kappa shape index (κ3) is 7.35. The molecule has 13 heavy (non-hydrogen) atoms. The molecule has 0 saturated heterocycles. The van der Waals surface area contributed by atoms with E-state index in [2.05, 4.69) is 38.4 Å². The molecule has 3 heteroatoms. The predicted octanol–water partition coefficient (Wildman–Crippen LogP) is 1.91. The summed E-state index contributed by atoms with van der Waals surface area (Å²) in [5, 5.41) is 0. The monoisotopic (exact) mass is 205 g/mol. The van der Waals surface area contributed by atoms with E-state index in [1.165, 1.54) is 0 Å². The lowest BCUT2D eigenvalue weighted by molar-refractivity contribution is 0.166. The lowest BCUT2D eigenvalue weighted by Gasteiger charge is -2.28. The molecule has 0 saturated carbocycles. The Labute approximate surface area is 88.1 Å². The van der Waals surface area contributed by atoms with E-state index in [-0.39, 0.29) is 0 Å². The van der Waals surface area contributed by atoms with E-state index in [0.29, 0.717) is 5.41 Å². The van der Waals surface area contributed by atoms with Crippen molar-refractivity contribution in [2.24, 2.45) is 5.41 Å². The quantitative estimate of drug-likeness (QED) is 0.503. The molecule has 0 N–H and O–H groups in total. The first-order valence-corrected chi connectivity index (χ1v) is 5.43. The number of methoxy groups -OCH3 is 1. The fourth-order valence-electron chi connectivity index (χ4n) is 1.34. The number of ether oxygens (including phenoxy) is 1. The third-order valence-corrected chi connectivity index (χ3v) is 2.87. The fraction of sp³-hybridized carbons (Fsp3) is 1.00. The molecule has 0 aromatic rings. The number of rotatable bonds is 7. The predicted molar refractivity (Wildman–Crippen MR) is 61.6 cm³/mol. The number of hydrogen-bond acceptors (Lipinski definition) is 3. The van der Waals surface area contributed by atoms with Gasteiger partial charge in [-0.05, 0) is 24.6 Å². The molecule has 0 bridgehead atoms. The summed E-state index contributed by atoms with van der Waals surface area (Å²) in [6, 6.07) is 0. The van der Waals surface area contributed by atoms with Gasteiger partial charge in [0.1, 0.15) is 0 Å². The summed E-state index contributed by atoms with van der Waals surface area (Å²) in [4.78, 5) is 2.34. The Morgan fingerprint density at radius 2 is 2.00 bits per heavy atom. The number of thiol groups is 1. The van der Waals surface area contributed by atoms with Crippen molar-refractivity contribution in [3.8, 4) is 0 Å². The van der Waals surface area contributed by atoms with Crippen molar-refractivity contribution >= 4 is 12.6 Å². The van der Waals surface area contributed by atoms with E-state index in [4.69, 9.17) is 4.74 Å². The van der Waals surface area contributed by atoms with Gasteiger partial charge in [0, 0.05) is 26.8 Å². The maximum atomic E-state index is 5.01. The van der Waals surface area contributed by atoms with Crippen molar-refractivity contribution < 1.29 is 4.74 Å². The molecule has 0 fully saturated rings. The van der Waals surface area contributed by atoms with Gasteiger partial charge in [-0.15, -0.1) is 0 Å². The maximum Gasteiger partial charge on any atom is 0.0474 e. The van der Waals surface area contributed by atoms with E-state index in [1.807, 2.05) is 0 Å². The van der Waals surface area contributed by atoms with Gasteiger partial charge in [0.25, 0.3) is 0 Å². The van der Waals surface area contributed by atoms with Gasteiger partial charge in [-0.1, -0.05) is 13.8 Å². The zero-order valence-electron chi connectivity index (χ0n) is 9.34. The molecule has 0 radical (unpaired) electrons. The Hall–Kier alpha value is 0.270. The van der Waals surface area contributed by atoms with Crippen LogP contribution in [0.4, 0.5) is 0 Å². The molecule has 0 aliphatic heterocycles. The fourth-order valence-corrected chi connectivity index (χ4v) is 1.44. The Morgan fingerprint density at radius 3 is 2.46 bits per heavy atom. The second-order valence-corrected chi connectivity index (χ2v) is 4.72. The van der Waals surface area contributed by atoms with Crippen LogP contribution in [0, 0.1) is 5.41 Å². The minimum atomic E-state index is 0.310. The lowest BCUT2D eigenvalue weighted by Crippen LogP contribution is -2.33. The van der Waals surface area contributed by atoms with Crippen LogP contribution >= 0.6 is 12.6 Å². The van der Waals surface area contributed by atoms with E-state index >= 15 is 0 Å². The number of nitrogens with zero attached hydrogens (tertiary/aromatic N) is 1. The van der Waals surface area contributed by atoms with Crippen LogP contribution in [0.3, 0.4) is 0 Å². The van der Waals surface area contributed by atoms with Gasteiger partial charge in [0.15, 0.2) is 0 Å². The van der Waals surface area contributed by atoms with Crippen LogP contribution in [0.25, 0.3) is 0 Å². The van der Waals surface area contributed by atoms with Crippen LogP contribution < -0.4 is 0 Å². The van der Waals surface area contributed by atoms with Gasteiger partial charge in [-0.25, -0.2) is 0 Å². The first-order valence-electron chi connectivity index (χ1n) is 4.80. The first-order chi connectivity index (χ1) is 6.02. The lowest BCUT2D eigenvalue weighted by atomic mass is 9.96. The number of hydrogen-bond donors (Lipinski definition) is 1. The molecule has 0 aromatic carbocycles. The van der Waals surface area contributed by atoms with Crippen molar-refractivity contribution in [2.45, 2.75) is 20.3 Å². The molecule has 0 unspecified atom stereocenters. The van der Waals surface area contributed by atoms with E-state index < -0.39 is 0 Å². The highest BCUT2D eigenvalue weighted by Crippen LogP contribution is 2.17. The summed E-state index contributed by atoms with van der Waals surface area (Å²) < 4.78 is 5.01. The van der Waals surface area contributed by atoms with Crippen LogP contribution in [0.5, 0.6) is 0 Å². The summed E-state index contributed by atoms with van der Waals surface area (Å²) in [5.41, 5.74) is 0.310. The molecular formula is C10H23NOS. The van der Waals surface area contributed by atoms with Gasteiger partial charge >= 0.3 is 0 Å². The first kappa shape index (κ1) is 13.3. The van der Waals surface area contributed by atoms with Gasteiger partial charge in [0.2, 0.25) is 0 Å². The van der Waals surface area contributed by atoms with Gasteiger partial charge in [-0.2, -0.15) is 12.6 Å². The van der Waals surface area contributed by atoms with Crippen LogP contribution in [0.15, 0.2) is 0 Å². The van der Waals surface area contributed by atoms with Gasteiger partial charge in [-0.3, -0.25) is 0 Å². The minimum absolute atomic E-state index is 0.310. The van der Waals surface area contributed by atoms with Crippen molar-refractivity contribution in [2.75, 3.05) is 39.6 Å². The second kappa shape index (κ2) is 6.68. The van der Waals surface area contributed by atoms with Gasteiger partial charge < -0.3 is 9.64 Å². The summed E-state index contributed by atoms with van der Waals surface area (Å²) in [7, 11) is 3.90. The van der Waals surface area contributed by atoms with Crippen LogP contribution in [0.1, 0.15) is 20.3 Å². The molecule has 0 aromatic heterocycles. The zero-order chi connectivity index (χ0) is 10.3. The highest BCUT2D eigenvalue weighted by atomic mass is 32.1. The van der Waals surface area contributed by atoms with Crippen LogP contribution in [-0.4, -0.2) is 44.5 Å². The summed E-state index contributed by atoms with van der Waals surface area (Å²) >= 11 is 4.33. The Morgan fingerprint density at radius 1 is 1.38 bits per heavy atom. The van der Waals surface area contributed by atoms with Crippen molar-refractivity contribution in [1.82, 2.24) is 4.90 Å². The molecule has 0 heterocycles. The summed E-state index contributed by atoms with van der Waals surface area (Å²) in [6.07, 6.45) is 1.11. The molecule has 2 nitrogen and oxygen atoms in total. The zero-order valence-corrected chi connectivity index (χ0v) is 10.2. The maximum absolute atomic E-state index is 5.01. The average molecular weight is 205 g/mol. The van der Waals surface area contributed by atoms with Crippen LogP contribution in [0.2, 0.25) is 0 Å². The molecule has 0 amide bonds. The molecular weight excluding hydrogens is 182 g/mol. The highest BCUT2D eigenvalue weighted by Gasteiger charge is 2.17. The second-order valence-electron chi connectivity index (χ2n) is 4.41. The standard InChI is InChI=1S/C10H23NOS/c1-10(2,9-13)8-11(3)6-5-7-12-4/h13H,5-9H2,1-4H3. The minimum Gasteiger partial charge on any atom is -0.385 e. The van der Waals surface area contributed by atoms with E-state index in [9.17, 15) is 0 Å². The SMILES string of the molecule is COCCCN(C)CC(C)(C)CS. The Bertz CT molecular complexity index is 128. The highest BCUT2D eigenvalue weighted by molar-refractivity contribution is 7.80. The molecule has 0 aliphatic carbocycles. The normalized spacial score (nSPS) is 12.5.